The van der Waals surface area contributed by atoms with E-state index in [1.165, 1.54) is 36.2 Å². The maximum atomic E-state index is 13.3. The molecule has 0 saturated carbocycles. The Kier molecular flexibility index (Phi) is 5.81. The predicted octanol–water partition coefficient (Wildman–Crippen LogP) is 4.25. The van der Waals surface area contributed by atoms with Gasteiger partial charge in [0, 0.05) is 20.0 Å². The third-order valence-corrected chi connectivity index (χ3v) is 3.88. The molecule has 0 aliphatic carbocycles. The van der Waals surface area contributed by atoms with Gasteiger partial charge in [0.05, 0.1) is 17.6 Å². The van der Waals surface area contributed by atoms with Crippen molar-refractivity contribution in [3.8, 4) is 6.07 Å². The Morgan fingerprint density at radius 3 is 2.44 bits per heavy atom. The average molecular weight is 346 g/mol. The molecule has 1 amide bonds. The molecule has 0 N–H and O–H groups in total. The number of alkyl halides is 3. The molecule has 0 aromatic heterocycles. The van der Waals surface area contributed by atoms with E-state index in [0.29, 0.717) is 11.1 Å². The van der Waals surface area contributed by atoms with Crippen molar-refractivity contribution in [3.05, 3.63) is 71.3 Å². The van der Waals surface area contributed by atoms with Gasteiger partial charge in [0.2, 0.25) is 5.91 Å². The van der Waals surface area contributed by atoms with Crippen LogP contribution in [-0.2, 0) is 11.3 Å². The van der Waals surface area contributed by atoms with E-state index in [1.807, 2.05) is 6.07 Å². The van der Waals surface area contributed by atoms with Crippen molar-refractivity contribution < 1.29 is 18.0 Å². The molecule has 0 spiro atoms. The normalized spacial score (nSPS) is 12.3. The first-order chi connectivity index (χ1) is 11.8. The van der Waals surface area contributed by atoms with Gasteiger partial charge in [-0.2, -0.15) is 18.4 Å². The lowest BCUT2D eigenvalue weighted by molar-refractivity contribution is -0.160. The van der Waals surface area contributed by atoms with Gasteiger partial charge in [0.1, 0.15) is 0 Å². The topological polar surface area (TPSA) is 44.1 Å². The molecule has 6 heteroatoms. The van der Waals surface area contributed by atoms with E-state index in [2.05, 4.69) is 0 Å². The van der Waals surface area contributed by atoms with Crippen molar-refractivity contribution in [1.82, 2.24) is 4.90 Å². The molecule has 25 heavy (non-hydrogen) atoms. The lowest BCUT2D eigenvalue weighted by Crippen LogP contribution is -2.31. The molecule has 2 aromatic carbocycles. The van der Waals surface area contributed by atoms with Crippen LogP contribution in [0.15, 0.2) is 54.6 Å². The van der Waals surface area contributed by atoms with Crippen molar-refractivity contribution in [2.75, 3.05) is 7.05 Å². The van der Waals surface area contributed by atoms with E-state index in [4.69, 9.17) is 5.26 Å². The van der Waals surface area contributed by atoms with Gasteiger partial charge >= 0.3 is 6.18 Å². The van der Waals surface area contributed by atoms with E-state index in [-0.39, 0.29) is 12.1 Å². The molecule has 0 bridgehead atoms. The lowest BCUT2D eigenvalue weighted by Gasteiger charge is -2.24. The van der Waals surface area contributed by atoms with Crippen LogP contribution in [0.2, 0.25) is 0 Å². The van der Waals surface area contributed by atoms with E-state index in [0.717, 1.165) is 0 Å². The fraction of sp³-hybridized carbons (Fsp3) is 0.263. The maximum absolute atomic E-state index is 13.3. The largest absolute Gasteiger partial charge is 0.396 e. The van der Waals surface area contributed by atoms with Crippen LogP contribution in [0.5, 0.6) is 0 Å². The third-order valence-electron chi connectivity index (χ3n) is 3.88. The minimum atomic E-state index is -4.50. The molecule has 0 saturated heterocycles. The highest BCUT2D eigenvalue weighted by molar-refractivity contribution is 5.77. The van der Waals surface area contributed by atoms with Crippen molar-refractivity contribution in [2.24, 2.45) is 0 Å². The zero-order chi connectivity index (χ0) is 18.4. The summed E-state index contributed by atoms with van der Waals surface area (Å²) in [5.41, 5.74) is 1.21. The second-order valence-electron chi connectivity index (χ2n) is 5.77. The summed E-state index contributed by atoms with van der Waals surface area (Å²) in [7, 11) is 1.46. The van der Waals surface area contributed by atoms with Crippen LogP contribution in [-0.4, -0.2) is 24.0 Å². The van der Waals surface area contributed by atoms with Gasteiger partial charge < -0.3 is 4.90 Å². The first kappa shape index (κ1) is 18.5. The molecule has 0 fully saturated rings. The highest BCUT2D eigenvalue weighted by Crippen LogP contribution is 2.37. The smallest absolute Gasteiger partial charge is 0.341 e. The van der Waals surface area contributed by atoms with Gasteiger partial charge in [-0.25, -0.2) is 0 Å². The second kappa shape index (κ2) is 7.84. The van der Waals surface area contributed by atoms with E-state index >= 15 is 0 Å². The van der Waals surface area contributed by atoms with Crippen molar-refractivity contribution in [1.29, 1.82) is 5.26 Å². The SMILES string of the molecule is CN(Cc1cccc(C#N)c1)C(=O)CC(c1ccccc1)C(F)(F)F. The van der Waals surface area contributed by atoms with Crippen LogP contribution in [0.25, 0.3) is 0 Å². The fourth-order valence-electron chi connectivity index (χ4n) is 2.54. The number of amides is 1. The predicted molar refractivity (Wildman–Crippen MR) is 87.5 cm³/mol. The van der Waals surface area contributed by atoms with E-state index in [1.54, 1.807) is 30.3 Å². The fourth-order valence-corrected chi connectivity index (χ4v) is 2.54. The molecule has 2 aromatic rings. The summed E-state index contributed by atoms with van der Waals surface area (Å²) >= 11 is 0. The molecule has 0 radical (unpaired) electrons. The number of nitrogens with zero attached hydrogens (tertiary/aromatic N) is 2. The highest BCUT2D eigenvalue weighted by atomic mass is 19.4. The summed E-state index contributed by atoms with van der Waals surface area (Å²) in [6.07, 6.45) is -5.15. The summed E-state index contributed by atoms with van der Waals surface area (Å²) in [5, 5.41) is 8.88. The number of halogens is 3. The summed E-state index contributed by atoms with van der Waals surface area (Å²) in [6, 6.07) is 16.1. The van der Waals surface area contributed by atoms with Crippen LogP contribution < -0.4 is 0 Å². The number of hydrogen-bond donors (Lipinski definition) is 0. The van der Waals surface area contributed by atoms with Crippen molar-refractivity contribution in [2.45, 2.75) is 25.1 Å². The zero-order valence-electron chi connectivity index (χ0n) is 13.6. The third kappa shape index (κ3) is 5.08. The Bertz CT molecular complexity index is 766. The minimum absolute atomic E-state index is 0.0724. The number of nitriles is 1. The Balaban J connectivity index is 2.11. The van der Waals surface area contributed by atoms with Crippen molar-refractivity contribution in [3.63, 3.8) is 0 Å². The van der Waals surface area contributed by atoms with Crippen molar-refractivity contribution >= 4 is 5.91 Å². The first-order valence-electron chi connectivity index (χ1n) is 7.66. The van der Waals surface area contributed by atoms with Gasteiger partial charge in [-0.3, -0.25) is 4.79 Å². The Morgan fingerprint density at radius 1 is 1.16 bits per heavy atom. The molecule has 3 nitrogen and oxygen atoms in total. The summed E-state index contributed by atoms with van der Waals surface area (Å²) in [5.74, 6) is -2.44. The zero-order valence-corrected chi connectivity index (χ0v) is 13.6. The standard InChI is InChI=1S/C19H17F3N2O/c1-24(13-15-7-5-6-14(10-15)12-23)18(25)11-17(19(20,21)22)16-8-3-2-4-9-16/h2-10,17H,11,13H2,1H3. The lowest BCUT2D eigenvalue weighted by atomic mass is 9.94. The molecule has 0 aliphatic rings. The number of rotatable bonds is 5. The highest BCUT2D eigenvalue weighted by Gasteiger charge is 2.42. The Hall–Kier alpha value is -2.81. The van der Waals surface area contributed by atoms with Crippen LogP contribution in [0.3, 0.4) is 0 Å². The summed E-state index contributed by atoms with van der Waals surface area (Å²) in [4.78, 5) is 13.5. The van der Waals surface area contributed by atoms with Crippen LogP contribution in [0.1, 0.15) is 29.0 Å². The van der Waals surface area contributed by atoms with Gasteiger partial charge in [-0.05, 0) is 23.3 Å². The molecule has 1 unspecified atom stereocenters. The van der Waals surface area contributed by atoms with E-state index in [9.17, 15) is 18.0 Å². The molecule has 130 valence electrons. The summed E-state index contributed by atoms with van der Waals surface area (Å²) in [6.45, 7) is 0.147. The van der Waals surface area contributed by atoms with Gasteiger partial charge in [-0.1, -0.05) is 42.5 Å². The monoisotopic (exact) mass is 346 g/mol. The number of hydrogen-bond acceptors (Lipinski definition) is 2. The summed E-state index contributed by atoms with van der Waals surface area (Å²) < 4.78 is 40.0. The first-order valence-corrected chi connectivity index (χ1v) is 7.66. The molecular formula is C19H17F3N2O. The number of carbonyl (C=O) groups excluding carboxylic acids is 1. The van der Waals surface area contributed by atoms with Gasteiger partial charge in [0.15, 0.2) is 0 Å². The van der Waals surface area contributed by atoms with Gasteiger partial charge in [0.25, 0.3) is 0 Å². The average Bonchev–Trinajstić information content (AvgIpc) is 2.59. The molecule has 1 atom stereocenters. The Labute approximate surface area is 144 Å². The van der Waals surface area contributed by atoms with E-state index < -0.39 is 24.4 Å². The quantitative estimate of drug-likeness (QED) is 0.812. The molecular weight excluding hydrogens is 329 g/mol. The van der Waals surface area contributed by atoms with Crippen LogP contribution >= 0.6 is 0 Å². The molecule has 0 aliphatic heterocycles. The number of benzene rings is 2. The minimum Gasteiger partial charge on any atom is -0.341 e. The Morgan fingerprint density at radius 2 is 1.84 bits per heavy atom. The number of carbonyl (C=O) groups is 1. The van der Waals surface area contributed by atoms with Crippen LogP contribution in [0, 0.1) is 11.3 Å². The second-order valence-corrected chi connectivity index (χ2v) is 5.77. The van der Waals surface area contributed by atoms with Gasteiger partial charge in [-0.15, -0.1) is 0 Å². The maximum Gasteiger partial charge on any atom is 0.396 e. The molecule has 0 heterocycles. The van der Waals surface area contributed by atoms with Crippen LogP contribution in [0.4, 0.5) is 13.2 Å². The molecule has 2 rings (SSSR count).